The molecule has 0 aromatic rings. The molecule has 7 nitrogen and oxygen atoms in total. The van der Waals surface area contributed by atoms with Gasteiger partial charge in [0, 0.05) is 28.2 Å². The second-order valence-corrected chi connectivity index (χ2v) is 7.11. The van der Waals surface area contributed by atoms with Crippen LogP contribution in [-0.2, 0) is 4.57 Å². The van der Waals surface area contributed by atoms with Gasteiger partial charge in [-0.25, -0.2) is 0 Å². The summed E-state index contributed by atoms with van der Waals surface area (Å²) in [4.78, 5) is 19.9. The summed E-state index contributed by atoms with van der Waals surface area (Å²) in [7, 11) is 3.13. The summed E-state index contributed by atoms with van der Waals surface area (Å²) in [6, 6.07) is 0. The molecular weight excluding hydrogens is 241 g/mol. The van der Waals surface area contributed by atoms with Gasteiger partial charge in [0.25, 0.3) is 0 Å². The molecule has 1 aliphatic rings. The molecule has 1 heterocycles. The van der Waals surface area contributed by atoms with Crippen LogP contribution in [0.5, 0.6) is 0 Å². The quantitative estimate of drug-likeness (QED) is 0.373. The van der Waals surface area contributed by atoms with Gasteiger partial charge < -0.3 is 15.1 Å². The average molecular weight is 261 g/mol. The minimum atomic E-state index is -3.48. The highest BCUT2D eigenvalue weighted by Crippen LogP contribution is 2.62. The van der Waals surface area contributed by atoms with Crippen molar-refractivity contribution in [3.05, 3.63) is 0 Å². The monoisotopic (exact) mass is 261 g/mol. The van der Waals surface area contributed by atoms with Gasteiger partial charge in [0.1, 0.15) is 5.28 Å². The van der Waals surface area contributed by atoms with Gasteiger partial charge in [-0.2, -0.15) is 4.99 Å². The normalized spacial score (nSPS) is 31.2. The maximum Gasteiger partial charge on any atom is 0.320 e. The van der Waals surface area contributed by atoms with E-state index in [1.165, 1.54) is 4.67 Å². The Morgan fingerprint density at radius 3 is 2.29 bits per heavy atom. The predicted octanol–water partition coefficient (Wildman–Crippen LogP) is 0.346. The topological polar surface area (TPSA) is 80.5 Å². The van der Waals surface area contributed by atoms with Gasteiger partial charge in [-0.3, -0.25) is 14.2 Å². The third-order valence-corrected chi connectivity index (χ3v) is 5.89. The SMILES string of the molecule is CN=C(/N=C1\N(C)C(C)(C)P(=O)(O)N1C)NC. The summed E-state index contributed by atoms with van der Waals surface area (Å²) in [5.74, 6) is 0.840. The van der Waals surface area contributed by atoms with Crippen molar-refractivity contribution in [1.29, 1.82) is 0 Å². The van der Waals surface area contributed by atoms with E-state index >= 15 is 0 Å². The van der Waals surface area contributed by atoms with Crippen molar-refractivity contribution in [2.75, 3.05) is 28.2 Å². The molecule has 0 amide bonds. The van der Waals surface area contributed by atoms with E-state index in [2.05, 4.69) is 15.3 Å². The maximum absolute atomic E-state index is 12.3. The number of nitrogens with one attached hydrogen (secondary N) is 1. The summed E-state index contributed by atoms with van der Waals surface area (Å²) in [5.41, 5.74) is 0. The lowest BCUT2D eigenvalue weighted by molar-refractivity contribution is 0.333. The van der Waals surface area contributed by atoms with Gasteiger partial charge >= 0.3 is 7.52 Å². The molecule has 0 aromatic heterocycles. The summed E-state index contributed by atoms with van der Waals surface area (Å²) >= 11 is 0. The van der Waals surface area contributed by atoms with Crippen molar-refractivity contribution < 1.29 is 9.46 Å². The highest BCUT2D eigenvalue weighted by molar-refractivity contribution is 7.58. The van der Waals surface area contributed by atoms with Crippen LogP contribution in [0.1, 0.15) is 13.8 Å². The molecule has 1 unspecified atom stereocenters. The van der Waals surface area contributed by atoms with Crippen molar-refractivity contribution in [2.45, 2.75) is 19.1 Å². The van der Waals surface area contributed by atoms with Crippen molar-refractivity contribution in [3.8, 4) is 0 Å². The summed E-state index contributed by atoms with van der Waals surface area (Å²) < 4.78 is 13.6. The second kappa shape index (κ2) is 4.31. The molecule has 17 heavy (non-hydrogen) atoms. The van der Waals surface area contributed by atoms with Gasteiger partial charge in [0.05, 0.1) is 0 Å². The lowest BCUT2D eigenvalue weighted by atomic mass is 10.3. The Morgan fingerprint density at radius 1 is 1.47 bits per heavy atom. The number of rotatable bonds is 0. The molecule has 0 aliphatic carbocycles. The largest absolute Gasteiger partial charge is 0.358 e. The molecular formula is C9H20N5O2P. The van der Waals surface area contributed by atoms with E-state index in [9.17, 15) is 9.46 Å². The fourth-order valence-corrected chi connectivity index (χ4v) is 3.24. The van der Waals surface area contributed by atoms with Crippen LogP contribution in [0.15, 0.2) is 9.98 Å². The number of hydrogen-bond donors (Lipinski definition) is 2. The Kier molecular flexibility index (Phi) is 3.55. The minimum absolute atomic E-state index is 0.413. The van der Waals surface area contributed by atoms with Crippen molar-refractivity contribution in [1.82, 2.24) is 14.9 Å². The van der Waals surface area contributed by atoms with Crippen molar-refractivity contribution in [3.63, 3.8) is 0 Å². The molecule has 0 spiro atoms. The Morgan fingerprint density at radius 2 is 2.00 bits per heavy atom. The molecule has 0 saturated carbocycles. The predicted molar refractivity (Wildman–Crippen MR) is 69.3 cm³/mol. The van der Waals surface area contributed by atoms with Crippen LogP contribution >= 0.6 is 7.52 Å². The van der Waals surface area contributed by atoms with Gasteiger partial charge in [0.15, 0.2) is 0 Å². The van der Waals surface area contributed by atoms with Gasteiger partial charge in [-0.1, -0.05) is 0 Å². The van der Waals surface area contributed by atoms with Crippen LogP contribution in [-0.4, -0.2) is 59.9 Å². The third kappa shape index (κ3) is 1.93. The molecule has 0 aromatic carbocycles. The summed E-state index contributed by atoms with van der Waals surface area (Å²) in [6.45, 7) is 3.43. The highest BCUT2D eigenvalue weighted by Gasteiger charge is 2.55. The Labute approximate surface area is 102 Å². The molecule has 1 saturated heterocycles. The molecule has 1 aliphatic heterocycles. The first-order chi connectivity index (χ1) is 7.70. The minimum Gasteiger partial charge on any atom is -0.358 e. The smallest absolute Gasteiger partial charge is 0.320 e. The fraction of sp³-hybridized carbons (Fsp3) is 0.778. The molecule has 8 heteroatoms. The molecule has 0 bridgehead atoms. The zero-order valence-electron chi connectivity index (χ0n) is 11.1. The van der Waals surface area contributed by atoms with E-state index in [0.717, 1.165) is 0 Å². The Bertz CT molecular complexity index is 418. The van der Waals surface area contributed by atoms with E-state index < -0.39 is 12.8 Å². The first-order valence-electron chi connectivity index (χ1n) is 5.24. The number of hydrogen-bond acceptors (Lipinski definition) is 2. The van der Waals surface area contributed by atoms with E-state index in [-0.39, 0.29) is 0 Å². The molecule has 2 N–H and O–H groups in total. The Balaban J connectivity index is 3.27. The lowest BCUT2D eigenvalue weighted by Gasteiger charge is -2.28. The van der Waals surface area contributed by atoms with E-state index in [0.29, 0.717) is 11.9 Å². The number of nitrogens with zero attached hydrogens (tertiary/aromatic N) is 4. The lowest BCUT2D eigenvalue weighted by Crippen LogP contribution is -2.39. The first-order valence-corrected chi connectivity index (χ1v) is 6.85. The van der Waals surface area contributed by atoms with Gasteiger partial charge in [-0.15, -0.1) is 0 Å². The van der Waals surface area contributed by atoms with Crippen LogP contribution < -0.4 is 5.32 Å². The molecule has 98 valence electrons. The fourth-order valence-electron chi connectivity index (χ4n) is 1.61. The van der Waals surface area contributed by atoms with Crippen LogP contribution in [0.4, 0.5) is 0 Å². The van der Waals surface area contributed by atoms with E-state index in [1.807, 2.05) is 0 Å². The average Bonchev–Trinajstić information content (AvgIpc) is 2.38. The molecule has 1 atom stereocenters. The third-order valence-electron chi connectivity index (χ3n) is 3.17. The molecule has 1 fully saturated rings. The van der Waals surface area contributed by atoms with E-state index in [4.69, 9.17) is 0 Å². The molecule has 0 radical (unpaired) electrons. The van der Waals surface area contributed by atoms with Crippen LogP contribution in [0, 0.1) is 0 Å². The maximum atomic E-state index is 12.3. The van der Waals surface area contributed by atoms with Crippen LogP contribution in [0.2, 0.25) is 0 Å². The summed E-state index contributed by atoms with van der Waals surface area (Å²) in [5, 5.41) is 1.94. The van der Waals surface area contributed by atoms with Crippen LogP contribution in [0.25, 0.3) is 0 Å². The van der Waals surface area contributed by atoms with E-state index in [1.54, 1.807) is 46.9 Å². The first kappa shape index (κ1) is 14.0. The van der Waals surface area contributed by atoms with Gasteiger partial charge in [-0.05, 0) is 13.8 Å². The second-order valence-electron chi connectivity index (χ2n) is 4.33. The summed E-state index contributed by atoms with van der Waals surface area (Å²) in [6.07, 6.45) is 0. The number of aliphatic imine (C=N–C) groups is 2. The zero-order valence-corrected chi connectivity index (χ0v) is 12.0. The van der Waals surface area contributed by atoms with Crippen molar-refractivity contribution in [2.24, 2.45) is 9.98 Å². The standard InChI is InChI=1S/C9H20N5O2P/c1-9(2)13(5)8(12-7(10-3)11-4)14(6)17(9,15)16/h1-6H3,(H,10,11)(H,15,16)/b12-8+. The molecule has 1 rings (SSSR count). The Hall–Kier alpha value is -1.07. The van der Waals surface area contributed by atoms with Crippen LogP contribution in [0.3, 0.4) is 0 Å². The number of guanidine groups is 2. The zero-order chi connectivity index (χ0) is 13.4. The van der Waals surface area contributed by atoms with Gasteiger partial charge in [0.2, 0.25) is 11.9 Å². The van der Waals surface area contributed by atoms with Crippen molar-refractivity contribution >= 4 is 19.4 Å². The highest BCUT2D eigenvalue weighted by atomic mass is 31.2.